The highest BCUT2D eigenvalue weighted by Crippen LogP contribution is 1.94. The van der Waals surface area contributed by atoms with Gasteiger partial charge in [-0.25, -0.2) is 4.98 Å². The Morgan fingerprint density at radius 3 is 2.67 bits per heavy atom. The van der Waals surface area contributed by atoms with Crippen LogP contribution in [0.3, 0.4) is 0 Å². The third kappa shape index (κ3) is 4.52. The Kier molecular flexibility index (Phi) is 5.28. The number of nitrogens with one attached hydrogen (secondary N) is 1. The average Bonchev–Trinajstić information content (AvgIpc) is 2.79. The van der Waals surface area contributed by atoms with E-state index in [1.165, 1.54) is 17.8 Å². The van der Waals surface area contributed by atoms with Gasteiger partial charge >= 0.3 is 0 Å². The van der Waals surface area contributed by atoms with Crippen molar-refractivity contribution in [3.8, 4) is 0 Å². The molecule has 0 saturated carbocycles. The summed E-state index contributed by atoms with van der Waals surface area (Å²) in [6, 6.07) is -1.62. The van der Waals surface area contributed by atoms with E-state index in [-0.39, 0.29) is 12.8 Å². The van der Waals surface area contributed by atoms with Gasteiger partial charge in [-0.1, -0.05) is 0 Å². The van der Waals surface area contributed by atoms with Gasteiger partial charge in [-0.05, 0) is 0 Å². The number of aromatic nitrogens is 2. The summed E-state index contributed by atoms with van der Waals surface area (Å²) >= 11 is 0. The zero-order chi connectivity index (χ0) is 13.5. The number of hydrogen-bond acceptors (Lipinski definition) is 5. The number of carboxylic acid groups (broad SMARTS) is 2. The monoisotopic (exact) mass is 256 g/mol. The Labute approximate surface area is 103 Å². The van der Waals surface area contributed by atoms with Gasteiger partial charge in [-0.3, -0.25) is 0 Å². The third-order valence-electron chi connectivity index (χ3n) is 2.60. The van der Waals surface area contributed by atoms with Crippen molar-refractivity contribution in [3.63, 3.8) is 0 Å². The van der Waals surface area contributed by atoms with Gasteiger partial charge < -0.3 is 35.8 Å². The van der Waals surface area contributed by atoms with E-state index in [1.54, 1.807) is 0 Å². The Morgan fingerprint density at radius 1 is 1.44 bits per heavy atom. The molecule has 8 heteroatoms. The van der Waals surface area contributed by atoms with Crippen molar-refractivity contribution in [3.05, 3.63) is 18.2 Å². The molecule has 8 nitrogen and oxygen atoms in total. The van der Waals surface area contributed by atoms with Gasteiger partial charge in [0, 0.05) is 18.3 Å². The highest BCUT2D eigenvalue weighted by Gasteiger charge is 2.16. The molecule has 1 aromatic rings. The zero-order valence-electron chi connectivity index (χ0n) is 9.80. The van der Waals surface area contributed by atoms with Crippen molar-refractivity contribution in [2.45, 2.75) is 24.9 Å². The van der Waals surface area contributed by atoms with E-state index < -0.39 is 24.0 Å². The number of nitrogens with zero attached hydrogens (tertiary/aromatic N) is 1. The molecule has 0 spiro atoms. The average molecular weight is 256 g/mol. The van der Waals surface area contributed by atoms with Gasteiger partial charge in [0.1, 0.15) is 12.1 Å². The van der Waals surface area contributed by atoms with E-state index >= 15 is 0 Å². The summed E-state index contributed by atoms with van der Waals surface area (Å²) in [7, 11) is 0. The van der Waals surface area contributed by atoms with Crippen molar-refractivity contribution < 1.29 is 30.9 Å². The van der Waals surface area contributed by atoms with Gasteiger partial charge in [0.2, 0.25) is 0 Å². The maximum absolute atomic E-state index is 10.9. The third-order valence-corrected chi connectivity index (χ3v) is 2.60. The molecular weight excluding hydrogens is 240 g/mol. The molecule has 1 rings (SSSR count). The smallest absolute Gasteiger partial charge is 0.132 e. The lowest BCUT2D eigenvalue weighted by molar-refractivity contribution is -0.686. The number of nitrogens with two attached hydrogens (primary N) is 1. The quantitative estimate of drug-likeness (QED) is 0.423. The van der Waals surface area contributed by atoms with Gasteiger partial charge in [-0.15, -0.1) is 0 Å². The fraction of sp³-hybridized carbons (Fsp3) is 0.500. The second-order valence-electron chi connectivity index (χ2n) is 4.04. The molecule has 0 amide bonds. The summed E-state index contributed by atoms with van der Waals surface area (Å²) in [5.41, 5.74) is 4.08. The van der Waals surface area contributed by atoms with E-state index in [9.17, 15) is 19.8 Å². The first-order chi connectivity index (χ1) is 8.50. The summed E-state index contributed by atoms with van der Waals surface area (Å²) in [5, 5.41) is 22.9. The normalized spacial score (nSPS) is 14.1. The summed E-state index contributed by atoms with van der Waals surface area (Å²) < 4.78 is 0. The molecule has 6 N–H and O–H groups in total. The lowest BCUT2D eigenvalue weighted by Gasteiger charge is -2.16. The number of aromatic amines is 1. The number of carbonyl (C=O) groups excluding carboxylic acids is 2. The maximum Gasteiger partial charge on any atom is 0.132 e. The van der Waals surface area contributed by atoms with E-state index in [4.69, 9.17) is 0 Å². The number of carboxylic acids is 2. The Balaban J connectivity index is 2.39. The molecule has 1 heterocycles. The number of H-pyrrole nitrogens is 1. The fourth-order valence-electron chi connectivity index (χ4n) is 1.51. The van der Waals surface area contributed by atoms with Crippen molar-refractivity contribution in [1.82, 2.24) is 9.97 Å². The predicted octanol–water partition coefficient (Wildman–Crippen LogP) is -5.62. The number of carbonyl (C=O) groups is 2. The minimum Gasteiger partial charge on any atom is -0.544 e. The van der Waals surface area contributed by atoms with Crippen LogP contribution in [-0.2, 0) is 16.0 Å². The van der Waals surface area contributed by atoms with Crippen LogP contribution >= 0.6 is 0 Å². The first kappa shape index (κ1) is 14.1. The van der Waals surface area contributed by atoms with E-state index in [0.717, 1.165) is 0 Å². The van der Waals surface area contributed by atoms with Crippen LogP contribution < -0.4 is 21.3 Å². The number of imidazole rings is 1. The highest BCUT2D eigenvalue weighted by atomic mass is 16.4. The number of quaternary nitrogens is 2. The van der Waals surface area contributed by atoms with Crippen LogP contribution in [0.5, 0.6) is 0 Å². The largest absolute Gasteiger partial charge is 0.544 e. The summed E-state index contributed by atoms with van der Waals surface area (Å²) in [6.07, 6.45) is 3.49. The Hall–Kier alpha value is -1.93. The number of rotatable bonds is 8. The predicted molar refractivity (Wildman–Crippen MR) is 54.2 cm³/mol. The maximum atomic E-state index is 10.9. The Bertz CT molecular complexity index is 393. The summed E-state index contributed by atoms with van der Waals surface area (Å²) in [6.45, 7) is 0.328. The topological polar surface area (TPSA) is 153 Å². The van der Waals surface area contributed by atoms with Gasteiger partial charge in [0.25, 0.3) is 0 Å². The van der Waals surface area contributed by atoms with Gasteiger partial charge in [0.15, 0.2) is 0 Å². The molecule has 2 atom stereocenters. The SMILES string of the molecule is [NH3+][C@@H](CC[NH2+][C@H](Cc1cnc[nH]1)C(=O)[O-])C(=O)[O-]. The Morgan fingerprint density at radius 2 is 2.17 bits per heavy atom. The second kappa shape index (κ2) is 6.72. The van der Waals surface area contributed by atoms with Crippen LogP contribution in [0.15, 0.2) is 12.5 Å². The molecule has 0 unspecified atom stereocenters. The fourth-order valence-corrected chi connectivity index (χ4v) is 1.51. The second-order valence-corrected chi connectivity index (χ2v) is 4.04. The van der Waals surface area contributed by atoms with Crippen LogP contribution in [0.4, 0.5) is 0 Å². The lowest BCUT2D eigenvalue weighted by atomic mass is 10.1. The van der Waals surface area contributed by atoms with Crippen LogP contribution in [0.1, 0.15) is 12.1 Å². The molecule has 0 bridgehead atoms. The van der Waals surface area contributed by atoms with Crippen LogP contribution in [0.25, 0.3) is 0 Å². The van der Waals surface area contributed by atoms with Crippen molar-refractivity contribution in [1.29, 1.82) is 0 Å². The molecule has 0 fully saturated rings. The van der Waals surface area contributed by atoms with Crippen LogP contribution in [0.2, 0.25) is 0 Å². The molecule has 100 valence electrons. The van der Waals surface area contributed by atoms with Crippen LogP contribution in [0, 0.1) is 0 Å². The van der Waals surface area contributed by atoms with E-state index in [2.05, 4.69) is 15.7 Å². The summed E-state index contributed by atoms with van der Waals surface area (Å²) in [4.78, 5) is 27.9. The van der Waals surface area contributed by atoms with Crippen LogP contribution in [-0.4, -0.2) is 40.5 Å². The summed E-state index contributed by atoms with van der Waals surface area (Å²) in [5.74, 6) is -2.43. The van der Waals surface area contributed by atoms with Gasteiger partial charge in [-0.2, -0.15) is 0 Å². The first-order valence-electron chi connectivity index (χ1n) is 5.56. The van der Waals surface area contributed by atoms with E-state index in [1.807, 2.05) is 0 Å². The molecule has 0 radical (unpaired) electrons. The molecule has 18 heavy (non-hydrogen) atoms. The van der Waals surface area contributed by atoms with Crippen molar-refractivity contribution >= 4 is 11.9 Å². The molecule has 1 aromatic heterocycles. The number of aliphatic carboxylic acids is 2. The minimum atomic E-state index is -1.23. The molecule has 0 saturated heterocycles. The minimum absolute atomic E-state index is 0.245. The number of hydrogen-bond donors (Lipinski definition) is 3. The molecule has 0 aliphatic heterocycles. The molecule has 0 aromatic carbocycles. The lowest BCUT2D eigenvalue weighted by Crippen LogP contribution is -2.94. The van der Waals surface area contributed by atoms with E-state index in [0.29, 0.717) is 12.2 Å². The molecule has 0 aliphatic rings. The van der Waals surface area contributed by atoms with Crippen molar-refractivity contribution in [2.24, 2.45) is 0 Å². The zero-order valence-corrected chi connectivity index (χ0v) is 9.80. The first-order valence-corrected chi connectivity index (χ1v) is 5.56. The molecule has 0 aliphatic carbocycles. The van der Waals surface area contributed by atoms with Gasteiger partial charge in [0.05, 0.1) is 31.2 Å². The van der Waals surface area contributed by atoms with Crippen molar-refractivity contribution in [2.75, 3.05) is 6.54 Å². The highest BCUT2D eigenvalue weighted by molar-refractivity contribution is 5.70. The standard InChI is InChI=1S/C10H16N4O4/c11-7(9(15)16)1-2-13-8(10(17)18)3-6-4-12-5-14-6/h4-5,7-8,13H,1-3,11H2,(H,12,14)(H,15,16)(H,17,18)/t7-,8+/m0/s1. The molecular formula is C10H16N4O4.